The molecule has 0 amide bonds. The molecule has 4 heteroatoms. The lowest BCUT2D eigenvalue weighted by Crippen LogP contribution is -2.40. The van der Waals surface area contributed by atoms with Crippen molar-refractivity contribution in [1.82, 2.24) is 4.90 Å². The second kappa shape index (κ2) is 5.83. The van der Waals surface area contributed by atoms with Gasteiger partial charge in [-0.05, 0) is 25.5 Å². The van der Waals surface area contributed by atoms with Gasteiger partial charge in [-0.3, -0.25) is 4.90 Å². The van der Waals surface area contributed by atoms with Crippen LogP contribution in [0.3, 0.4) is 0 Å². The molecular weight excluding hydrogens is 238 g/mol. The lowest BCUT2D eigenvalue weighted by molar-refractivity contribution is 0.0392. The predicted octanol–water partition coefficient (Wildman–Crippen LogP) is 1.83. The molecule has 1 aliphatic rings. The van der Waals surface area contributed by atoms with Crippen molar-refractivity contribution in [2.24, 2.45) is 0 Å². The maximum Gasteiger partial charge on any atom is 0.0931 e. The summed E-state index contributed by atoms with van der Waals surface area (Å²) in [5.41, 5.74) is 0.759. The van der Waals surface area contributed by atoms with Gasteiger partial charge in [0.2, 0.25) is 0 Å². The smallest absolute Gasteiger partial charge is 0.0931 e. The molecule has 1 aromatic rings. The van der Waals surface area contributed by atoms with Crippen LogP contribution in [0.4, 0.5) is 0 Å². The molecule has 3 nitrogen and oxygen atoms in total. The largest absolute Gasteiger partial charge is 0.392 e. The summed E-state index contributed by atoms with van der Waals surface area (Å²) >= 11 is 6.04. The summed E-state index contributed by atoms with van der Waals surface area (Å²) in [4.78, 5) is 2.09. The summed E-state index contributed by atoms with van der Waals surface area (Å²) in [7, 11) is 0. The van der Waals surface area contributed by atoms with Gasteiger partial charge in [0.05, 0.1) is 12.2 Å². The second-order valence-corrected chi connectivity index (χ2v) is 5.00. The Morgan fingerprint density at radius 3 is 2.88 bits per heavy atom. The van der Waals surface area contributed by atoms with Gasteiger partial charge < -0.3 is 10.2 Å². The minimum atomic E-state index is -0.589. The number of aliphatic hydroxyl groups excluding tert-OH is 2. The van der Waals surface area contributed by atoms with Crippen molar-refractivity contribution in [2.45, 2.75) is 25.0 Å². The van der Waals surface area contributed by atoms with Crippen LogP contribution in [0.2, 0.25) is 5.02 Å². The van der Waals surface area contributed by atoms with E-state index in [4.69, 9.17) is 11.6 Å². The van der Waals surface area contributed by atoms with Gasteiger partial charge in [-0.1, -0.05) is 29.8 Å². The number of likely N-dealkylation sites (tertiary alicyclic amines) is 1. The van der Waals surface area contributed by atoms with Crippen LogP contribution in [0.25, 0.3) is 0 Å². The fraction of sp³-hybridized carbons (Fsp3) is 0.538. The van der Waals surface area contributed by atoms with Crippen molar-refractivity contribution in [3.05, 3.63) is 34.9 Å². The van der Waals surface area contributed by atoms with Gasteiger partial charge in [-0.25, -0.2) is 0 Å². The Morgan fingerprint density at radius 2 is 2.18 bits per heavy atom. The number of halogens is 1. The third-order valence-electron chi connectivity index (χ3n) is 3.18. The first-order valence-electron chi connectivity index (χ1n) is 5.99. The molecule has 94 valence electrons. The van der Waals surface area contributed by atoms with Crippen LogP contribution < -0.4 is 0 Å². The van der Waals surface area contributed by atoms with Crippen molar-refractivity contribution in [1.29, 1.82) is 0 Å². The van der Waals surface area contributed by atoms with Crippen molar-refractivity contribution in [3.63, 3.8) is 0 Å². The Balaban J connectivity index is 1.97. The van der Waals surface area contributed by atoms with Crippen LogP contribution in [0, 0.1) is 0 Å². The Hall–Kier alpha value is -0.610. The summed E-state index contributed by atoms with van der Waals surface area (Å²) < 4.78 is 0. The van der Waals surface area contributed by atoms with E-state index in [1.807, 2.05) is 18.2 Å². The van der Waals surface area contributed by atoms with Gasteiger partial charge in [0.25, 0.3) is 0 Å². The summed E-state index contributed by atoms with van der Waals surface area (Å²) in [5.74, 6) is 0. The van der Waals surface area contributed by atoms with E-state index >= 15 is 0 Å². The molecule has 1 aromatic carbocycles. The predicted molar refractivity (Wildman–Crippen MR) is 68.1 cm³/mol. The van der Waals surface area contributed by atoms with Gasteiger partial charge in [-0.2, -0.15) is 0 Å². The van der Waals surface area contributed by atoms with E-state index in [9.17, 15) is 10.2 Å². The number of β-amino-alcohol motifs (C(OH)–C–C–N with tert-alkyl or cyclic N) is 2. The van der Waals surface area contributed by atoms with Crippen molar-refractivity contribution < 1.29 is 10.2 Å². The first-order valence-corrected chi connectivity index (χ1v) is 6.37. The maximum absolute atomic E-state index is 10.1. The van der Waals surface area contributed by atoms with Crippen LogP contribution in [0.1, 0.15) is 24.5 Å². The SMILES string of the molecule is O[C@@H]1CCCN(C[C@@H](O)c2ccccc2Cl)C1. The van der Waals surface area contributed by atoms with Crippen molar-refractivity contribution >= 4 is 11.6 Å². The van der Waals surface area contributed by atoms with E-state index < -0.39 is 6.10 Å². The highest BCUT2D eigenvalue weighted by molar-refractivity contribution is 6.31. The first kappa shape index (κ1) is 12.8. The van der Waals surface area contributed by atoms with E-state index in [0.717, 1.165) is 24.9 Å². The molecule has 1 heterocycles. The van der Waals surface area contributed by atoms with E-state index in [-0.39, 0.29) is 6.10 Å². The van der Waals surface area contributed by atoms with Gasteiger partial charge in [-0.15, -0.1) is 0 Å². The summed E-state index contributed by atoms with van der Waals surface area (Å²) in [6.07, 6.45) is 0.992. The van der Waals surface area contributed by atoms with Gasteiger partial charge in [0, 0.05) is 23.7 Å². The van der Waals surface area contributed by atoms with E-state index in [2.05, 4.69) is 4.90 Å². The average Bonchev–Trinajstić information content (AvgIpc) is 2.29. The highest BCUT2D eigenvalue weighted by Crippen LogP contribution is 2.24. The van der Waals surface area contributed by atoms with Crippen LogP contribution >= 0.6 is 11.6 Å². The quantitative estimate of drug-likeness (QED) is 0.866. The normalized spacial score (nSPS) is 23.6. The second-order valence-electron chi connectivity index (χ2n) is 4.59. The van der Waals surface area contributed by atoms with Crippen LogP contribution in [0.15, 0.2) is 24.3 Å². The Morgan fingerprint density at radius 1 is 1.41 bits per heavy atom. The number of nitrogens with zero attached hydrogens (tertiary/aromatic N) is 1. The molecule has 2 N–H and O–H groups in total. The molecule has 1 fully saturated rings. The molecule has 0 aliphatic carbocycles. The lowest BCUT2D eigenvalue weighted by Gasteiger charge is -2.31. The third kappa shape index (κ3) is 3.42. The summed E-state index contributed by atoms with van der Waals surface area (Å²) in [5, 5.41) is 20.3. The monoisotopic (exact) mass is 255 g/mol. The Labute approximate surface area is 107 Å². The molecule has 2 rings (SSSR count). The third-order valence-corrected chi connectivity index (χ3v) is 3.52. The number of rotatable bonds is 3. The Bertz CT molecular complexity index is 372. The van der Waals surface area contributed by atoms with Gasteiger partial charge in [0.1, 0.15) is 0 Å². The highest BCUT2D eigenvalue weighted by atomic mass is 35.5. The summed E-state index contributed by atoms with van der Waals surface area (Å²) in [6, 6.07) is 7.34. The average molecular weight is 256 g/mol. The number of piperidine rings is 1. The molecule has 0 saturated carbocycles. The standard InChI is InChI=1S/C13H18ClNO2/c14-12-6-2-1-5-11(12)13(17)9-15-7-3-4-10(16)8-15/h1-2,5-6,10,13,16-17H,3-4,7-9H2/t10-,13-/m1/s1. The van der Waals surface area contributed by atoms with E-state index in [1.54, 1.807) is 6.07 Å². The van der Waals surface area contributed by atoms with E-state index in [0.29, 0.717) is 18.1 Å². The fourth-order valence-electron chi connectivity index (χ4n) is 2.29. The van der Waals surface area contributed by atoms with E-state index in [1.165, 1.54) is 0 Å². The van der Waals surface area contributed by atoms with Crippen LogP contribution in [0.5, 0.6) is 0 Å². The molecule has 0 aromatic heterocycles. The zero-order chi connectivity index (χ0) is 12.3. The molecule has 2 atom stereocenters. The Kier molecular flexibility index (Phi) is 4.40. The number of aliphatic hydroxyl groups is 2. The van der Waals surface area contributed by atoms with Crippen LogP contribution in [-0.2, 0) is 0 Å². The molecule has 1 saturated heterocycles. The molecule has 0 unspecified atom stereocenters. The minimum absolute atomic E-state index is 0.262. The number of hydrogen-bond donors (Lipinski definition) is 2. The van der Waals surface area contributed by atoms with Gasteiger partial charge in [0.15, 0.2) is 0 Å². The molecule has 0 radical (unpaired) electrons. The zero-order valence-corrected chi connectivity index (χ0v) is 10.5. The number of hydrogen-bond acceptors (Lipinski definition) is 3. The minimum Gasteiger partial charge on any atom is -0.392 e. The summed E-state index contributed by atoms with van der Waals surface area (Å²) in [6.45, 7) is 2.10. The maximum atomic E-state index is 10.1. The fourth-order valence-corrected chi connectivity index (χ4v) is 2.55. The van der Waals surface area contributed by atoms with Crippen molar-refractivity contribution in [3.8, 4) is 0 Å². The molecule has 17 heavy (non-hydrogen) atoms. The molecule has 1 aliphatic heterocycles. The number of benzene rings is 1. The lowest BCUT2D eigenvalue weighted by atomic mass is 10.1. The highest BCUT2D eigenvalue weighted by Gasteiger charge is 2.21. The van der Waals surface area contributed by atoms with Gasteiger partial charge >= 0.3 is 0 Å². The molecule has 0 bridgehead atoms. The molecular formula is C13H18ClNO2. The zero-order valence-electron chi connectivity index (χ0n) is 9.72. The van der Waals surface area contributed by atoms with Crippen LogP contribution in [-0.4, -0.2) is 40.9 Å². The first-order chi connectivity index (χ1) is 8.16. The van der Waals surface area contributed by atoms with Crippen molar-refractivity contribution in [2.75, 3.05) is 19.6 Å². The molecule has 0 spiro atoms. The topological polar surface area (TPSA) is 43.7 Å².